The van der Waals surface area contributed by atoms with Gasteiger partial charge in [0.05, 0.1) is 7.11 Å². The van der Waals surface area contributed by atoms with E-state index in [-0.39, 0.29) is 11.2 Å². The van der Waals surface area contributed by atoms with Crippen molar-refractivity contribution in [3.63, 3.8) is 0 Å². The summed E-state index contributed by atoms with van der Waals surface area (Å²) in [5, 5.41) is 3.41. The van der Waals surface area contributed by atoms with E-state index in [4.69, 9.17) is 4.74 Å². The minimum absolute atomic E-state index is 0.168. The maximum atomic E-state index is 13.6. The van der Waals surface area contributed by atoms with E-state index in [0.717, 1.165) is 37.9 Å². The van der Waals surface area contributed by atoms with Crippen LogP contribution in [0, 0.1) is 11.2 Å². The molecule has 1 rings (SSSR count). The molecular weight excluding hydrogens is 241 g/mol. The van der Waals surface area contributed by atoms with Crippen LogP contribution < -0.4 is 10.1 Å². The van der Waals surface area contributed by atoms with Gasteiger partial charge in [0.1, 0.15) is 0 Å². The molecule has 0 aliphatic heterocycles. The summed E-state index contributed by atoms with van der Waals surface area (Å²) < 4.78 is 18.6. The summed E-state index contributed by atoms with van der Waals surface area (Å²) in [6.45, 7) is 8.69. The SMILES string of the molecule is CCCNCCC(C)(C)Cc1ccc(OC)c(F)c1. The highest BCUT2D eigenvalue weighted by atomic mass is 19.1. The van der Waals surface area contributed by atoms with Crippen molar-refractivity contribution in [3.05, 3.63) is 29.6 Å². The third-order valence-corrected chi connectivity index (χ3v) is 3.30. The molecule has 1 aromatic rings. The van der Waals surface area contributed by atoms with Crippen LogP contribution in [-0.2, 0) is 6.42 Å². The van der Waals surface area contributed by atoms with Crippen LogP contribution in [0.4, 0.5) is 4.39 Å². The van der Waals surface area contributed by atoms with Gasteiger partial charge >= 0.3 is 0 Å². The first-order valence-corrected chi connectivity index (χ1v) is 7.01. The van der Waals surface area contributed by atoms with Gasteiger partial charge in [0.2, 0.25) is 0 Å². The minimum Gasteiger partial charge on any atom is -0.494 e. The van der Waals surface area contributed by atoms with Crippen molar-refractivity contribution in [2.45, 2.75) is 40.0 Å². The van der Waals surface area contributed by atoms with Gasteiger partial charge in [0.25, 0.3) is 0 Å². The maximum absolute atomic E-state index is 13.6. The fourth-order valence-corrected chi connectivity index (χ4v) is 2.19. The summed E-state index contributed by atoms with van der Waals surface area (Å²) in [4.78, 5) is 0. The van der Waals surface area contributed by atoms with Gasteiger partial charge in [-0.3, -0.25) is 0 Å². The predicted molar refractivity (Wildman–Crippen MR) is 78.2 cm³/mol. The fraction of sp³-hybridized carbons (Fsp3) is 0.625. The van der Waals surface area contributed by atoms with Crippen LogP contribution in [0.3, 0.4) is 0 Å². The lowest BCUT2D eigenvalue weighted by atomic mass is 9.82. The van der Waals surface area contributed by atoms with E-state index in [9.17, 15) is 4.39 Å². The number of nitrogens with one attached hydrogen (secondary N) is 1. The Kier molecular flexibility index (Phi) is 6.29. The van der Waals surface area contributed by atoms with Gasteiger partial charge < -0.3 is 10.1 Å². The Morgan fingerprint density at radius 2 is 2.00 bits per heavy atom. The second-order valence-electron chi connectivity index (χ2n) is 5.81. The molecule has 0 radical (unpaired) electrons. The molecule has 0 saturated heterocycles. The average Bonchev–Trinajstić information content (AvgIpc) is 2.34. The first-order chi connectivity index (χ1) is 8.98. The molecule has 0 fully saturated rings. The molecule has 0 unspecified atom stereocenters. The highest BCUT2D eigenvalue weighted by Gasteiger charge is 2.18. The zero-order valence-electron chi connectivity index (χ0n) is 12.6. The van der Waals surface area contributed by atoms with Crippen LogP contribution in [0.5, 0.6) is 5.75 Å². The van der Waals surface area contributed by atoms with Crippen LogP contribution in [0.15, 0.2) is 18.2 Å². The standard InChI is InChI=1S/C16H26FNO/c1-5-9-18-10-8-16(2,3)12-13-6-7-15(19-4)14(17)11-13/h6-7,11,18H,5,8-10,12H2,1-4H3. The number of ether oxygens (including phenoxy) is 1. The Morgan fingerprint density at radius 3 is 2.58 bits per heavy atom. The Morgan fingerprint density at radius 1 is 1.26 bits per heavy atom. The first kappa shape index (κ1) is 16.0. The van der Waals surface area contributed by atoms with Gasteiger partial charge in [-0.05, 0) is 55.5 Å². The van der Waals surface area contributed by atoms with Gasteiger partial charge in [0.15, 0.2) is 11.6 Å². The van der Waals surface area contributed by atoms with Crippen molar-refractivity contribution in [2.75, 3.05) is 20.2 Å². The van der Waals surface area contributed by atoms with Crippen LogP contribution >= 0.6 is 0 Å². The van der Waals surface area contributed by atoms with Gasteiger partial charge in [-0.15, -0.1) is 0 Å². The number of hydrogen-bond donors (Lipinski definition) is 1. The van der Waals surface area contributed by atoms with Crippen molar-refractivity contribution in [1.82, 2.24) is 5.32 Å². The van der Waals surface area contributed by atoms with Gasteiger partial charge in [-0.25, -0.2) is 4.39 Å². The van der Waals surface area contributed by atoms with Crippen molar-refractivity contribution in [2.24, 2.45) is 5.41 Å². The molecule has 19 heavy (non-hydrogen) atoms. The summed E-state index contributed by atoms with van der Waals surface area (Å²) in [6, 6.07) is 5.24. The second kappa shape index (κ2) is 7.49. The maximum Gasteiger partial charge on any atom is 0.165 e. The second-order valence-corrected chi connectivity index (χ2v) is 5.81. The molecule has 108 valence electrons. The zero-order valence-corrected chi connectivity index (χ0v) is 12.6. The van der Waals surface area contributed by atoms with Crippen molar-refractivity contribution < 1.29 is 9.13 Å². The number of hydrogen-bond acceptors (Lipinski definition) is 2. The molecule has 1 N–H and O–H groups in total. The monoisotopic (exact) mass is 267 g/mol. The van der Waals surface area contributed by atoms with Crippen LogP contribution in [0.2, 0.25) is 0 Å². The third kappa shape index (κ3) is 5.60. The summed E-state index contributed by atoms with van der Waals surface area (Å²) in [7, 11) is 1.49. The third-order valence-electron chi connectivity index (χ3n) is 3.30. The number of halogens is 1. The molecule has 0 aliphatic carbocycles. The van der Waals surface area contributed by atoms with Gasteiger partial charge in [0, 0.05) is 0 Å². The molecule has 2 nitrogen and oxygen atoms in total. The molecule has 0 amide bonds. The lowest BCUT2D eigenvalue weighted by molar-refractivity contribution is 0.324. The largest absolute Gasteiger partial charge is 0.494 e. The summed E-state index contributed by atoms with van der Waals surface area (Å²) in [6.07, 6.45) is 3.12. The van der Waals surface area contributed by atoms with E-state index >= 15 is 0 Å². The molecular formula is C16H26FNO. The van der Waals surface area contributed by atoms with E-state index in [1.54, 1.807) is 12.1 Å². The van der Waals surface area contributed by atoms with E-state index in [2.05, 4.69) is 26.1 Å². The normalized spacial score (nSPS) is 11.6. The number of rotatable bonds is 8. The topological polar surface area (TPSA) is 21.3 Å². The molecule has 1 aromatic carbocycles. The predicted octanol–water partition coefficient (Wildman–Crippen LogP) is 3.79. The highest BCUT2D eigenvalue weighted by molar-refractivity contribution is 5.29. The van der Waals surface area contributed by atoms with E-state index in [0.29, 0.717) is 5.75 Å². The van der Waals surface area contributed by atoms with Crippen LogP contribution in [-0.4, -0.2) is 20.2 Å². The Balaban J connectivity index is 2.54. The summed E-state index contributed by atoms with van der Waals surface area (Å²) in [5.41, 5.74) is 1.20. The summed E-state index contributed by atoms with van der Waals surface area (Å²) >= 11 is 0. The first-order valence-electron chi connectivity index (χ1n) is 7.01. The zero-order chi connectivity index (χ0) is 14.3. The van der Waals surface area contributed by atoms with E-state index in [1.165, 1.54) is 7.11 Å². The van der Waals surface area contributed by atoms with Crippen molar-refractivity contribution in [3.8, 4) is 5.75 Å². The average molecular weight is 267 g/mol. The molecule has 0 spiro atoms. The number of methoxy groups -OCH3 is 1. The van der Waals surface area contributed by atoms with Gasteiger partial charge in [-0.2, -0.15) is 0 Å². The summed E-state index contributed by atoms with van der Waals surface area (Å²) in [5.74, 6) is 0.0334. The smallest absolute Gasteiger partial charge is 0.165 e. The molecule has 0 aliphatic rings. The lowest BCUT2D eigenvalue weighted by Gasteiger charge is -2.25. The Labute approximate surface area is 116 Å². The molecule has 3 heteroatoms. The van der Waals surface area contributed by atoms with Crippen molar-refractivity contribution >= 4 is 0 Å². The van der Waals surface area contributed by atoms with E-state index in [1.807, 2.05) is 6.07 Å². The van der Waals surface area contributed by atoms with E-state index < -0.39 is 0 Å². The molecule has 0 aromatic heterocycles. The van der Waals surface area contributed by atoms with Crippen LogP contribution in [0.1, 0.15) is 39.2 Å². The quantitative estimate of drug-likeness (QED) is 0.723. The minimum atomic E-state index is -0.278. The van der Waals surface area contributed by atoms with Crippen LogP contribution in [0.25, 0.3) is 0 Å². The number of benzene rings is 1. The molecule has 0 bridgehead atoms. The van der Waals surface area contributed by atoms with Gasteiger partial charge in [-0.1, -0.05) is 26.8 Å². The van der Waals surface area contributed by atoms with Crippen molar-refractivity contribution in [1.29, 1.82) is 0 Å². The Bertz CT molecular complexity index is 390. The fourth-order valence-electron chi connectivity index (χ4n) is 2.19. The molecule has 0 heterocycles. The lowest BCUT2D eigenvalue weighted by Crippen LogP contribution is -2.24. The molecule has 0 atom stereocenters. The molecule has 0 saturated carbocycles. The highest BCUT2D eigenvalue weighted by Crippen LogP contribution is 2.27. The Hall–Kier alpha value is -1.09.